The van der Waals surface area contributed by atoms with Crippen LogP contribution in [0.25, 0.3) is 0 Å². The van der Waals surface area contributed by atoms with E-state index in [1.807, 2.05) is 61.5 Å². The van der Waals surface area contributed by atoms with Crippen molar-refractivity contribution in [1.82, 2.24) is 10.2 Å². The molecule has 1 N–H and O–H groups in total. The number of halogens is 1. The topological polar surface area (TPSA) is 32.3 Å². The molecule has 1 atom stereocenters. The maximum absolute atomic E-state index is 12.2. The lowest BCUT2D eigenvalue weighted by Crippen LogP contribution is -2.38. The second-order valence-corrected chi connectivity index (χ2v) is 5.44. The van der Waals surface area contributed by atoms with Crippen LogP contribution in [0.1, 0.15) is 24.1 Å². The minimum absolute atomic E-state index is 0.119. The van der Waals surface area contributed by atoms with Gasteiger partial charge in [-0.1, -0.05) is 60.1 Å². The van der Waals surface area contributed by atoms with Crippen LogP contribution in [0.15, 0.2) is 54.6 Å². The highest BCUT2D eigenvalue weighted by molar-refractivity contribution is 6.31. The average Bonchev–Trinajstić information content (AvgIpc) is 2.48. The van der Waals surface area contributed by atoms with Crippen molar-refractivity contribution in [2.75, 3.05) is 7.05 Å². The Kier molecular flexibility index (Phi) is 5.23. The number of hydrogen-bond acceptors (Lipinski definition) is 1. The smallest absolute Gasteiger partial charge is 0.317 e. The van der Waals surface area contributed by atoms with Crippen LogP contribution in [0.4, 0.5) is 4.79 Å². The third kappa shape index (κ3) is 4.23. The third-order valence-electron chi connectivity index (χ3n) is 3.32. The normalized spacial score (nSPS) is 11.8. The molecule has 2 rings (SSSR count). The fourth-order valence-corrected chi connectivity index (χ4v) is 2.43. The zero-order valence-corrected chi connectivity index (χ0v) is 13.0. The van der Waals surface area contributed by atoms with Crippen molar-refractivity contribution in [2.45, 2.75) is 19.5 Å². The molecule has 2 amide bonds. The summed E-state index contributed by atoms with van der Waals surface area (Å²) in [5.74, 6) is 0. The second-order valence-electron chi connectivity index (χ2n) is 5.03. The van der Waals surface area contributed by atoms with Gasteiger partial charge in [0.25, 0.3) is 0 Å². The molecule has 1 unspecified atom stereocenters. The van der Waals surface area contributed by atoms with Gasteiger partial charge in [0, 0.05) is 18.6 Å². The molecule has 21 heavy (non-hydrogen) atoms. The van der Waals surface area contributed by atoms with Gasteiger partial charge >= 0.3 is 6.03 Å². The van der Waals surface area contributed by atoms with E-state index < -0.39 is 0 Å². The minimum Gasteiger partial charge on any atom is -0.331 e. The number of urea groups is 1. The summed E-state index contributed by atoms with van der Waals surface area (Å²) < 4.78 is 0. The number of carbonyl (C=O) groups is 1. The zero-order valence-electron chi connectivity index (χ0n) is 12.2. The van der Waals surface area contributed by atoms with Gasteiger partial charge < -0.3 is 10.2 Å². The Balaban J connectivity index is 1.96. The molecule has 0 aliphatic heterocycles. The summed E-state index contributed by atoms with van der Waals surface area (Å²) in [4.78, 5) is 13.9. The lowest BCUT2D eigenvalue weighted by atomic mass is 10.1. The summed E-state index contributed by atoms with van der Waals surface area (Å²) in [6.07, 6.45) is 0. The van der Waals surface area contributed by atoms with Crippen LogP contribution in [0.2, 0.25) is 5.02 Å². The highest BCUT2D eigenvalue weighted by atomic mass is 35.5. The summed E-state index contributed by atoms with van der Waals surface area (Å²) in [5.41, 5.74) is 2.01. The van der Waals surface area contributed by atoms with Crippen LogP contribution in [-0.2, 0) is 6.54 Å². The first-order valence-corrected chi connectivity index (χ1v) is 7.25. The van der Waals surface area contributed by atoms with Crippen molar-refractivity contribution in [3.63, 3.8) is 0 Å². The van der Waals surface area contributed by atoms with E-state index in [2.05, 4.69) is 5.32 Å². The summed E-state index contributed by atoms with van der Waals surface area (Å²) in [6, 6.07) is 17.2. The van der Waals surface area contributed by atoms with Gasteiger partial charge in [0.05, 0.1) is 6.04 Å². The van der Waals surface area contributed by atoms with Crippen molar-refractivity contribution in [3.8, 4) is 0 Å². The fourth-order valence-electron chi connectivity index (χ4n) is 2.13. The molecule has 4 heteroatoms. The van der Waals surface area contributed by atoms with E-state index in [9.17, 15) is 4.79 Å². The molecule has 0 saturated heterocycles. The molecule has 0 aliphatic carbocycles. The maximum Gasteiger partial charge on any atom is 0.317 e. The quantitative estimate of drug-likeness (QED) is 0.900. The van der Waals surface area contributed by atoms with Gasteiger partial charge in [0.1, 0.15) is 0 Å². The molecule has 2 aromatic rings. The van der Waals surface area contributed by atoms with Gasteiger partial charge in [-0.3, -0.25) is 0 Å². The number of amides is 2. The molecular formula is C17H19ClN2O. The van der Waals surface area contributed by atoms with E-state index in [0.717, 1.165) is 11.1 Å². The Bertz CT molecular complexity index is 601. The molecule has 0 aromatic heterocycles. The molecular weight excluding hydrogens is 284 g/mol. The summed E-state index contributed by atoms with van der Waals surface area (Å²) in [7, 11) is 1.78. The molecule has 2 aromatic carbocycles. The number of hydrogen-bond donors (Lipinski definition) is 1. The van der Waals surface area contributed by atoms with E-state index in [1.54, 1.807) is 11.9 Å². The monoisotopic (exact) mass is 302 g/mol. The highest BCUT2D eigenvalue weighted by Gasteiger charge is 2.15. The Morgan fingerprint density at radius 2 is 1.76 bits per heavy atom. The summed E-state index contributed by atoms with van der Waals surface area (Å²) in [6.45, 7) is 2.50. The van der Waals surface area contributed by atoms with Crippen molar-refractivity contribution < 1.29 is 4.79 Å². The van der Waals surface area contributed by atoms with Crippen LogP contribution in [0, 0.1) is 0 Å². The highest BCUT2D eigenvalue weighted by Crippen LogP contribution is 2.22. The number of rotatable bonds is 4. The van der Waals surface area contributed by atoms with E-state index in [-0.39, 0.29) is 12.1 Å². The van der Waals surface area contributed by atoms with E-state index in [1.165, 1.54) is 0 Å². The predicted octanol–water partition coefficient (Wildman–Crippen LogP) is 4.24. The Morgan fingerprint density at radius 3 is 2.43 bits per heavy atom. The first-order valence-electron chi connectivity index (χ1n) is 6.88. The van der Waals surface area contributed by atoms with Crippen LogP contribution in [-0.4, -0.2) is 18.0 Å². The Morgan fingerprint density at radius 1 is 1.14 bits per heavy atom. The first kappa shape index (κ1) is 15.4. The summed E-state index contributed by atoms with van der Waals surface area (Å²) in [5, 5.41) is 3.62. The minimum atomic E-state index is -0.135. The van der Waals surface area contributed by atoms with Crippen molar-refractivity contribution in [1.29, 1.82) is 0 Å². The second kappa shape index (κ2) is 7.14. The van der Waals surface area contributed by atoms with Crippen molar-refractivity contribution >= 4 is 17.6 Å². The predicted molar refractivity (Wildman–Crippen MR) is 86.3 cm³/mol. The average molecular weight is 303 g/mol. The number of benzene rings is 2. The van der Waals surface area contributed by atoms with E-state index in [0.29, 0.717) is 11.6 Å². The van der Waals surface area contributed by atoms with Crippen molar-refractivity contribution in [3.05, 3.63) is 70.7 Å². The largest absolute Gasteiger partial charge is 0.331 e. The number of nitrogens with one attached hydrogen (secondary N) is 1. The Hall–Kier alpha value is -2.00. The molecule has 0 radical (unpaired) electrons. The zero-order chi connectivity index (χ0) is 15.2. The summed E-state index contributed by atoms with van der Waals surface area (Å²) >= 11 is 6.15. The molecule has 0 heterocycles. The fraction of sp³-hybridized carbons (Fsp3) is 0.235. The third-order valence-corrected chi connectivity index (χ3v) is 3.67. The first-order chi connectivity index (χ1) is 10.1. The molecule has 0 aliphatic rings. The number of carbonyl (C=O) groups excluding carboxylic acids is 1. The molecule has 0 spiro atoms. The van der Waals surface area contributed by atoms with Gasteiger partial charge in [-0.15, -0.1) is 0 Å². The molecule has 0 bridgehead atoms. The maximum atomic E-state index is 12.2. The van der Waals surface area contributed by atoms with Gasteiger partial charge in [-0.2, -0.15) is 0 Å². The van der Waals surface area contributed by atoms with E-state index in [4.69, 9.17) is 11.6 Å². The van der Waals surface area contributed by atoms with Crippen LogP contribution < -0.4 is 5.32 Å². The molecule has 3 nitrogen and oxygen atoms in total. The van der Waals surface area contributed by atoms with E-state index >= 15 is 0 Å². The van der Waals surface area contributed by atoms with Gasteiger partial charge in [-0.25, -0.2) is 4.79 Å². The SMILES string of the molecule is CC(NC(=O)N(C)Cc1ccccc1)c1ccccc1Cl. The Labute approximate surface area is 130 Å². The van der Waals surface area contributed by atoms with Crippen LogP contribution in [0.3, 0.4) is 0 Å². The lowest BCUT2D eigenvalue weighted by molar-refractivity contribution is 0.203. The lowest BCUT2D eigenvalue weighted by Gasteiger charge is -2.22. The van der Waals surface area contributed by atoms with Gasteiger partial charge in [0.15, 0.2) is 0 Å². The van der Waals surface area contributed by atoms with Crippen LogP contribution in [0.5, 0.6) is 0 Å². The number of nitrogens with zero attached hydrogens (tertiary/aromatic N) is 1. The van der Waals surface area contributed by atoms with Crippen molar-refractivity contribution in [2.24, 2.45) is 0 Å². The van der Waals surface area contributed by atoms with Gasteiger partial charge in [0.2, 0.25) is 0 Å². The standard InChI is InChI=1S/C17H19ClN2O/c1-13(15-10-6-7-11-16(15)18)19-17(21)20(2)12-14-8-4-3-5-9-14/h3-11,13H,12H2,1-2H3,(H,19,21). The molecule has 0 saturated carbocycles. The van der Waals surface area contributed by atoms with Gasteiger partial charge in [-0.05, 0) is 24.1 Å². The van der Waals surface area contributed by atoms with Crippen LogP contribution >= 0.6 is 11.6 Å². The molecule has 0 fully saturated rings. The molecule has 110 valence electrons.